The summed E-state index contributed by atoms with van der Waals surface area (Å²) in [6, 6.07) is 0. The van der Waals surface area contributed by atoms with Crippen molar-refractivity contribution >= 4 is 0 Å². The maximum Gasteiger partial charge on any atom is 0.283 e. The summed E-state index contributed by atoms with van der Waals surface area (Å²) in [5, 5.41) is 15.1. The molecule has 7 heteroatoms. The van der Waals surface area contributed by atoms with E-state index in [-0.39, 0.29) is 34.0 Å². The Morgan fingerprint density at radius 3 is 1.82 bits per heavy atom. The molecule has 2 aliphatic carbocycles. The van der Waals surface area contributed by atoms with Crippen LogP contribution in [0.2, 0.25) is 0 Å². The van der Waals surface area contributed by atoms with E-state index in [1.807, 2.05) is 0 Å². The average molecular weight is 390 g/mol. The van der Waals surface area contributed by atoms with Crippen LogP contribution in [0.5, 0.6) is 0 Å². The highest BCUT2D eigenvalue weighted by Gasteiger charge is 2.64. The van der Waals surface area contributed by atoms with Crippen molar-refractivity contribution < 1.29 is 14.2 Å². The van der Waals surface area contributed by atoms with Gasteiger partial charge < -0.3 is 14.2 Å². The number of aliphatic hydroxyl groups excluding tert-OH is 1. The standard InChI is InChI=1S/C21H30N2O5/c1-2-3-5-14(24)6-4-7-17(20(8-9-20)15-12-27-22-18(15)25)21(10-11-21)16-13-28-23-19(16)26/h12-14,17,24H,2-11H2,1H3,(H,22,25)(H,23,26). The highest BCUT2D eigenvalue weighted by molar-refractivity contribution is 5.37. The van der Waals surface area contributed by atoms with Crippen LogP contribution in [-0.2, 0) is 10.8 Å². The molecule has 2 aromatic rings. The van der Waals surface area contributed by atoms with Gasteiger partial charge in [-0.15, -0.1) is 0 Å². The smallest absolute Gasteiger partial charge is 0.283 e. The molecule has 1 atom stereocenters. The van der Waals surface area contributed by atoms with Crippen molar-refractivity contribution in [2.24, 2.45) is 5.92 Å². The van der Waals surface area contributed by atoms with Crippen LogP contribution in [-0.4, -0.2) is 21.5 Å². The molecule has 0 radical (unpaired) electrons. The van der Waals surface area contributed by atoms with Crippen molar-refractivity contribution in [3.05, 3.63) is 44.4 Å². The van der Waals surface area contributed by atoms with E-state index >= 15 is 0 Å². The highest BCUT2D eigenvalue weighted by Crippen LogP contribution is 2.67. The van der Waals surface area contributed by atoms with Crippen molar-refractivity contribution in [2.75, 3.05) is 0 Å². The van der Waals surface area contributed by atoms with Gasteiger partial charge in [0, 0.05) is 10.8 Å². The molecule has 3 N–H and O–H groups in total. The largest absolute Gasteiger partial charge is 0.393 e. The van der Waals surface area contributed by atoms with Crippen LogP contribution in [0.15, 0.2) is 31.2 Å². The van der Waals surface area contributed by atoms with Crippen LogP contribution in [0.1, 0.15) is 82.3 Å². The molecule has 2 saturated carbocycles. The molecular formula is C21H30N2O5. The minimum atomic E-state index is -0.277. The molecule has 4 rings (SSSR count). The Labute approximate surface area is 163 Å². The molecule has 0 bridgehead atoms. The molecule has 2 fully saturated rings. The molecule has 154 valence electrons. The van der Waals surface area contributed by atoms with E-state index < -0.39 is 0 Å². The third-order valence-electron chi connectivity index (χ3n) is 7.05. The van der Waals surface area contributed by atoms with Gasteiger partial charge >= 0.3 is 0 Å². The predicted molar refractivity (Wildman–Crippen MR) is 103 cm³/mol. The van der Waals surface area contributed by atoms with Gasteiger partial charge in [-0.25, -0.2) is 0 Å². The van der Waals surface area contributed by atoms with Crippen molar-refractivity contribution in [3.63, 3.8) is 0 Å². The lowest BCUT2D eigenvalue weighted by atomic mass is 9.69. The van der Waals surface area contributed by atoms with Gasteiger partial charge in [0.15, 0.2) is 0 Å². The molecule has 28 heavy (non-hydrogen) atoms. The summed E-state index contributed by atoms with van der Waals surface area (Å²) >= 11 is 0. The number of aromatic amines is 2. The van der Waals surface area contributed by atoms with E-state index in [9.17, 15) is 14.7 Å². The first-order chi connectivity index (χ1) is 13.5. The van der Waals surface area contributed by atoms with Gasteiger partial charge in [0.1, 0.15) is 12.5 Å². The summed E-state index contributed by atoms with van der Waals surface area (Å²) in [6.45, 7) is 2.13. The fourth-order valence-electron chi connectivity index (χ4n) is 5.29. The average Bonchev–Trinajstić information content (AvgIpc) is 3.57. The topological polar surface area (TPSA) is 112 Å². The van der Waals surface area contributed by atoms with Crippen molar-refractivity contribution in [3.8, 4) is 0 Å². The van der Waals surface area contributed by atoms with E-state index in [1.165, 1.54) is 0 Å². The molecule has 1 unspecified atom stereocenters. The zero-order valence-electron chi connectivity index (χ0n) is 16.5. The summed E-state index contributed by atoms with van der Waals surface area (Å²) in [7, 11) is 0. The molecular weight excluding hydrogens is 360 g/mol. The molecule has 0 spiro atoms. The summed E-state index contributed by atoms with van der Waals surface area (Å²) in [6.07, 6.45) is 12.0. The van der Waals surface area contributed by atoms with E-state index in [0.29, 0.717) is 11.1 Å². The highest BCUT2D eigenvalue weighted by atomic mass is 16.5. The summed E-state index contributed by atoms with van der Waals surface area (Å²) in [5.74, 6) is 0.163. The zero-order chi connectivity index (χ0) is 19.8. The fourth-order valence-corrected chi connectivity index (χ4v) is 5.29. The minimum Gasteiger partial charge on any atom is -0.393 e. The molecule has 0 aromatic carbocycles. The first kappa shape index (κ1) is 19.3. The number of aromatic nitrogens is 2. The lowest BCUT2D eigenvalue weighted by molar-refractivity contribution is 0.142. The van der Waals surface area contributed by atoms with Gasteiger partial charge in [-0.1, -0.05) is 26.2 Å². The molecule has 2 aromatic heterocycles. The number of hydrogen-bond acceptors (Lipinski definition) is 5. The Morgan fingerprint density at radius 2 is 1.43 bits per heavy atom. The predicted octanol–water partition coefficient (Wildman–Crippen LogP) is 3.35. The number of hydrogen-bond donors (Lipinski definition) is 3. The zero-order valence-corrected chi connectivity index (χ0v) is 16.5. The number of H-pyrrole nitrogens is 2. The second-order valence-electron chi connectivity index (χ2n) is 8.75. The fraction of sp³-hybridized carbons (Fsp3) is 0.714. The second kappa shape index (κ2) is 7.43. The lowest BCUT2D eigenvalue weighted by Crippen LogP contribution is -2.37. The maximum absolute atomic E-state index is 12.3. The van der Waals surface area contributed by atoms with Crippen LogP contribution >= 0.6 is 0 Å². The first-order valence-electron chi connectivity index (χ1n) is 10.5. The van der Waals surface area contributed by atoms with Gasteiger partial charge in [-0.05, 0) is 50.9 Å². The van der Waals surface area contributed by atoms with E-state index in [0.717, 1.165) is 64.2 Å². The molecule has 2 aliphatic rings. The van der Waals surface area contributed by atoms with E-state index in [2.05, 4.69) is 17.2 Å². The SMILES string of the molecule is CCCCC(O)CCCC(C1(c2co[nH]c2=O)CC1)C1(c2co[nH]c2=O)CC1. The lowest BCUT2D eigenvalue weighted by Gasteiger charge is -2.33. The van der Waals surface area contributed by atoms with Crippen LogP contribution in [0.25, 0.3) is 0 Å². The number of nitrogens with one attached hydrogen (secondary N) is 2. The molecule has 0 aliphatic heterocycles. The van der Waals surface area contributed by atoms with Crippen LogP contribution in [0.3, 0.4) is 0 Å². The van der Waals surface area contributed by atoms with E-state index in [4.69, 9.17) is 9.05 Å². The van der Waals surface area contributed by atoms with Gasteiger partial charge in [-0.2, -0.15) is 10.3 Å². The molecule has 0 saturated heterocycles. The third kappa shape index (κ3) is 3.30. The Bertz CT molecular complexity index is 832. The molecule has 2 heterocycles. The van der Waals surface area contributed by atoms with Crippen LogP contribution in [0, 0.1) is 5.92 Å². The third-order valence-corrected chi connectivity index (χ3v) is 7.05. The van der Waals surface area contributed by atoms with Gasteiger partial charge in [0.05, 0.1) is 17.2 Å². The quantitative estimate of drug-likeness (QED) is 0.545. The second-order valence-corrected chi connectivity index (χ2v) is 8.75. The Morgan fingerprint density at radius 1 is 0.929 bits per heavy atom. The monoisotopic (exact) mass is 390 g/mol. The summed E-state index contributed by atoms with van der Waals surface area (Å²) < 4.78 is 10.2. The summed E-state index contributed by atoms with van der Waals surface area (Å²) in [5.41, 5.74) is 0.597. The summed E-state index contributed by atoms with van der Waals surface area (Å²) in [4.78, 5) is 24.7. The van der Waals surface area contributed by atoms with Crippen molar-refractivity contribution in [1.82, 2.24) is 10.3 Å². The number of unbranched alkanes of at least 4 members (excludes halogenated alkanes) is 1. The molecule has 7 nitrogen and oxygen atoms in total. The van der Waals surface area contributed by atoms with Crippen LogP contribution < -0.4 is 11.1 Å². The van der Waals surface area contributed by atoms with Crippen LogP contribution in [0.4, 0.5) is 0 Å². The Kier molecular flexibility index (Phi) is 5.12. The van der Waals surface area contributed by atoms with E-state index in [1.54, 1.807) is 12.5 Å². The van der Waals surface area contributed by atoms with Gasteiger partial charge in [-0.3, -0.25) is 9.59 Å². The maximum atomic E-state index is 12.3. The van der Waals surface area contributed by atoms with Gasteiger partial charge in [0.2, 0.25) is 0 Å². The Hall–Kier alpha value is -2.02. The normalized spacial score (nSPS) is 20.4. The van der Waals surface area contributed by atoms with Gasteiger partial charge in [0.25, 0.3) is 11.1 Å². The number of rotatable bonds is 11. The molecule has 0 amide bonds. The number of aliphatic hydroxyl groups is 1. The minimum absolute atomic E-state index is 0.163. The van der Waals surface area contributed by atoms with Crippen molar-refractivity contribution in [2.45, 2.75) is 88.1 Å². The first-order valence-corrected chi connectivity index (χ1v) is 10.5. The van der Waals surface area contributed by atoms with Crippen molar-refractivity contribution in [1.29, 1.82) is 0 Å². The Balaban J connectivity index is 1.58.